The number of para-hydroxylation sites is 1. The van der Waals surface area contributed by atoms with E-state index in [0.717, 1.165) is 11.3 Å². The van der Waals surface area contributed by atoms with Gasteiger partial charge in [-0.3, -0.25) is 0 Å². The van der Waals surface area contributed by atoms with Crippen molar-refractivity contribution in [2.45, 2.75) is 6.54 Å². The molecule has 0 aliphatic heterocycles. The van der Waals surface area contributed by atoms with Crippen LogP contribution >= 0.6 is 11.6 Å². The minimum Gasteiger partial charge on any atom is -0.321 e. The Morgan fingerprint density at radius 2 is 1.82 bits per heavy atom. The van der Waals surface area contributed by atoms with E-state index in [0.29, 0.717) is 6.54 Å². The van der Waals surface area contributed by atoms with Crippen LogP contribution in [0, 0.1) is 5.82 Å². The highest BCUT2D eigenvalue weighted by Gasteiger charge is 2.00. The first-order valence-electron chi connectivity index (χ1n) is 5.23. The van der Waals surface area contributed by atoms with Crippen LogP contribution in [-0.4, -0.2) is 0 Å². The van der Waals surface area contributed by atoms with E-state index >= 15 is 0 Å². The Balaban J connectivity index is 1.88. The van der Waals surface area contributed by atoms with Crippen molar-refractivity contribution in [3.8, 4) is 0 Å². The molecule has 0 aromatic heterocycles. The molecule has 0 fully saturated rings. The number of rotatable bonds is 4. The summed E-state index contributed by atoms with van der Waals surface area (Å²) < 4.78 is 13.1. The zero-order chi connectivity index (χ0) is 12.1. The van der Waals surface area contributed by atoms with Gasteiger partial charge in [0.15, 0.2) is 0 Å². The SMILES string of the molecule is Fc1cc(CNNc2ccccc2)ccc1Cl. The lowest BCUT2D eigenvalue weighted by Crippen LogP contribution is -2.20. The predicted molar refractivity (Wildman–Crippen MR) is 68.3 cm³/mol. The number of hydrogen-bond acceptors (Lipinski definition) is 2. The summed E-state index contributed by atoms with van der Waals surface area (Å²) in [6, 6.07) is 14.5. The molecule has 2 nitrogen and oxygen atoms in total. The van der Waals surface area contributed by atoms with Gasteiger partial charge in [-0.15, -0.1) is 0 Å². The fourth-order valence-electron chi connectivity index (χ4n) is 1.42. The van der Waals surface area contributed by atoms with Crippen molar-refractivity contribution in [3.63, 3.8) is 0 Å². The zero-order valence-electron chi connectivity index (χ0n) is 9.08. The van der Waals surface area contributed by atoms with Crippen LogP contribution in [0.15, 0.2) is 48.5 Å². The number of hydrazine groups is 1. The molecular formula is C13H12ClFN2. The molecule has 2 rings (SSSR count). The maximum Gasteiger partial charge on any atom is 0.142 e. The van der Waals surface area contributed by atoms with Gasteiger partial charge in [0.05, 0.1) is 5.02 Å². The lowest BCUT2D eigenvalue weighted by atomic mass is 10.2. The van der Waals surface area contributed by atoms with Crippen molar-refractivity contribution in [2.75, 3.05) is 5.43 Å². The van der Waals surface area contributed by atoms with Crippen molar-refractivity contribution in [1.29, 1.82) is 0 Å². The third kappa shape index (κ3) is 3.44. The summed E-state index contributed by atoms with van der Waals surface area (Å²) in [5.41, 5.74) is 7.82. The molecule has 17 heavy (non-hydrogen) atoms. The first-order chi connectivity index (χ1) is 8.25. The Kier molecular flexibility index (Phi) is 3.96. The van der Waals surface area contributed by atoms with E-state index in [9.17, 15) is 4.39 Å². The van der Waals surface area contributed by atoms with Gasteiger partial charge in [-0.2, -0.15) is 0 Å². The molecule has 0 radical (unpaired) electrons. The van der Waals surface area contributed by atoms with Crippen LogP contribution < -0.4 is 10.9 Å². The molecule has 2 aromatic rings. The van der Waals surface area contributed by atoms with Crippen molar-refractivity contribution in [3.05, 3.63) is 64.9 Å². The summed E-state index contributed by atoms with van der Waals surface area (Å²) in [4.78, 5) is 0. The molecule has 0 unspecified atom stereocenters. The molecule has 0 aliphatic carbocycles. The zero-order valence-corrected chi connectivity index (χ0v) is 9.84. The van der Waals surface area contributed by atoms with Crippen molar-refractivity contribution in [2.24, 2.45) is 0 Å². The second-order valence-corrected chi connectivity index (χ2v) is 4.00. The maximum atomic E-state index is 13.1. The molecule has 0 heterocycles. The first-order valence-corrected chi connectivity index (χ1v) is 5.61. The molecule has 0 atom stereocenters. The molecule has 4 heteroatoms. The monoisotopic (exact) mass is 250 g/mol. The van der Waals surface area contributed by atoms with Gasteiger partial charge in [0, 0.05) is 12.2 Å². The minimum atomic E-state index is -0.398. The largest absolute Gasteiger partial charge is 0.321 e. The van der Waals surface area contributed by atoms with E-state index in [2.05, 4.69) is 10.9 Å². The van der Waals surface area contributed by atoms with Gasteiger partial charge in [0.2, 0.25) is 0 Å². The van der Waals surface area contributed by atoms with Gasteiger partial charge in [-0.1, -0.05) is 35.9 Å². The lowest BCUT2D eigenvalue weighted by molar-refractivity contribution is 0.624. The molecule has 0 amide bonds. The Bertz CT molecular complexity index is 488. The molecule has 0 saturated carbocycles. The van der Waals surface area contributed by atoms with Gasteiger partial charge >= 0.3 is 0 Å². The highest BCUT2D eigenvalue weighted by molar-refractivity contribution is 6.30. The fourth-order valence-corrected chi connectivity index (χ4v) is 1.54. The van der Waals surface area contributed by atoms with Gasteiger partial charge < -0.3 is 5.43 Å². The van der Waals surface area contributed by atoms with Crippen LogP contribution in [-0.2, 0) is 6.54 Å². The smallest absolute Gasteiger partial charge is 0.142 e. The Labute approximate surface area is 104 Å². The second kappa shape index (κ2) is 5.66. The maximum absolute atomic E-state index is 13.1. The summed E-state index contributed by atoms with van der Waals surface area (Å²) in [6.07, 6.45) is 0. The van der Waals surface area contributed by atoms with Crippen LogP contribution in [0.1, 0.15) is 5.56 Å². The average molecular weight is 251 g/mol. The van der Waals surface area contributed by atoms with E-state index in [-0.39, 0.29) is 5.02 Å². The van der Waals surface area contributed by atoms with Crippen molar-refractivity contribution >= 4 is 17.3 Å². The highest BCUT2D eigenvalue weighted by atomic mass is 35.5. The number of nitrogens with one attached hydrogen (secondary N) is 2. The summed E-state index contributed by atoms with van der Waals surface area (Å²) in [5.74, 6) is -0.398. The quantitative estimate of drug-likeness (QED) is 0.811. The number of anilines is 1. The number of halogens is 2. The molecule has 0 bridgehead atoms. The third-order valence-corrected chi connectivity index (χ3v) is 2.59. The summed E-state index contributed by atoms with van der Waals surface area (Å²) in [7, 11) is 0. The van der Waals surface area contributed by atoms with Gasteiger partial charge in [-0.05, 0) is 29.8 Å². The highest BCUT2D eigenvalue weighted by Crippen LogP contribution is 2.15. The Morgan fingerprint density at radius 3 is 2.53 bits per heavy atom. The number of hydrogen-bond donors (Lipinski definition) is 2. The van der Waals surface area contributed by atoms with Crippen molar-refractivity contribution < 1.29 is 4.39 Å². The van der Waals surface area contributed by atoms with Crippen LogP contribution in [0.4, 0.5) is 10.1 Å². The first kappa shape index (κ1) is 11.9. The van der Waals surface area contributed by atoms with Crippen LogP contribution in [0.3, 0.4) is 0 Å². The van der Waals surface area contributed by atoms with Crippen LogP contribution in [0.25, 0.3) is 0 Å². The topological polar surface area (TPSA) is 24.1 Å². The van der Waals surface area contributed by atoms with Gasteiger partial charge in [0.1, 0.15) is 5.82 Å². The predicted octanol–water partition coefficient (Wildman–Crippen LogP) is 3.60. The summed E-state index contributed by atoms with van der Waals surface area (Å²) >= 11 is 5.60. The van der Waals surface area contributed by atoms with Gasteiger partial charge in [0.25, 0.3) is 0 Å². The van der Waals surface area contributed by atoms with Gasteiger partial charge in [-0.25, -0.2) is 9.82 Å². The average Bonchev–Trinajstić information content (AvgIpc) is 2.35. The number of benzene rings is 2. The molecule has 0 aliphatic rings. The van der Waals surface area contributed by atoms with E-state index in [1.807, 2.05) is 30.3 Å². The molecule has 88 valence electrons. The van der Waals surface area contributed by atoms with E-state index in [1.165, 1.54) is 6.07 Å². The minimum absolute atomic E-state index is 0.143. The normalized spacial score (nSPS) is 10.2. The molecule has 0 saturated heterocycles. The van der Waals surface area contributed by atoms with E-state index < -0.39 is 5.82 Å². The summed E-state index contributed by atoms with van der Waals surface area (Å²) in [5, 5.41) is 0.143. The Hall–Kier alpha value is -1.58. The standard InChI is InChI=1S/C13H12ClFN2/c14-12-7-6-10(8-13(12)15)9-16-17-11-4-2-1-3-5-11/h1-8,16-17H,9H2. The molecular weight excluding hydrogens is 239 g/mol. The second-order valence-electron chi connectivity index (χ2n) is 3.59. The molecule has 2 aromatic carbocycles. The van der Waals surface area contributed by atoms with Crippen LogP contribution in [0.5, 0.6) is 0 Å². The van der Waals surface area contributed by atoms with Crippen molar-refractivity contribution in [1.82, 2.24) is 5.43 Å². The molecule has 0 spiro atoms. The van der Waals surface area contributed by atoms with E-state index in [4.69, 9.17) is 11.6 Å². The van der Waals surface area contributed by atoms with Crippen LogP contribution in [0.2, 0.25) is 5.02 Å². The van der Waals surface area contributed by atoms with E-state index in [1.54, 1.807) is 12.1 Å². The lowest BCUT2D eigenvalue weighted by Gasteiger charge is -2.08. The molecule has 2 N–H and O–H groups in total. The fraction of sp³-hybridized carbons (Fsp3) is 0.0769. The summed E-state index contributed by atoms with van der Waals surface area (Å²) in [6.45, 7) is 0.517. The third-order valence-electron chi connectivity index (χ3n) is 2.28. The Morgan fingerprint density at radius 1 is 1.06 bits per heavy atom.